The lowest BCUT2D eigenvalue weighted by Crippen LogP contribution is -2.14. The van der Waals surface area contributed by atoms with Gasteiger partial charge in [0.05, 0.1) is 18.5 Å². The second kappa shape index (κ2) is 7.96. The van der Waals surface area contributed by atoms with Crippen LogP contribution in [0, 0.1) is 9.49 Å². The van der Waals surface area contributed by atoms with Crippen LogP contribution in [-0.4, -0.2) is 28.5 Å². The highest BCUT2D eigenvalue weighted by Crippen LogP contribution is 2.32. The minimum atomic E-state index is -0.788. The molecule has 0 unspecified atom stereocenters. The van der Waals surface area contributed by atoms with Crippen molar-refractivity contribution in [2.24, 2.45) is 5.92 Å². The fourth-order valence-electron chi connectivity index (χ4n) is 1.63. The van der Waals surface area contributed by atoms with Gasteiger partial charge in [0, 0.05) is 9.13 Å². The Bertz CT molecular complexity index is 439. The zero-order valence-corrected chi connectivity index (χ0v) is 13.6. The number of rotatable bonds is 6. The van der Waals surface area contributed by atoms with E-state index in [0.717, 1.165) is 3.57 Å². The van der Waals surface area contributed by atoms with E-state index in [2.05, 4.69) is 35.2 Å². The van der Waals surface area contributed by atoms with Crippen LogP contribution in [0.25, 0.3) is 0 Å². The van der Waals surface area contributed by atoms with Crippen molar-refractivity contribution in [3.63, 3.8) is 0 Å². The van der Waals surface area contributed by atoms with Gasteiger partial charge in [-0.05, 0) is 53.1 Å². The summed E-state index contributed by atoms with van der Waals surface area (Å²) in [6.07, 6.45) is -0.268. The van der Waals surface area contributed by atoms with E-state index in [1.165, 1.54) is 0 Å². The first-order valence-electron chi connectivity index (χ1n) is 5.88. The van der Waals surface area contributed by atoms with Crippen molar-refractivity contribution in [2.45, 2.75) is 19.4 Å². The Balaban J connectivity index is 2.58. The molecule has 0 aliphatic carbocycles. The Hall–Kier alpha value is -0.470. The van der Waals surface area contributed by atoms with E-state index in [1.54, 1.807) is 18.2 Å². The number of carbonyl (C=O) groups excluding carboxylic acids is 1. The second-order valence-corrected chi connectivity index (χ2v) is 5.85. The van der Waals surface area contributed by atoms with Gasteiger partial charge in [-0.25, -0.2) is 0 Å². The first kappa shape index (κ1) is 16.6. The number of carbonyl (C=O) groups is 1. The quantitative estimate of drug-likeness (QED) is 0.393. The number of aliphatic hydroxyl groups is 1. The molecule has 0 radical (unpaired) electrons. The zero-order valence-electron chi connectivity index (χ0n) is 10.5. The minimum Gasteiger partial charge on any atom is -0.508 e. The highest BCUT2D eigenvalue weighted by molar-refractivity contribution is 14.1. The van der Waals surface area contributed by atoms with E-state index in [9.17, 15) is 15.0 Å². The van der Waals surface area contributed by atoms with Crippen LogP contribution in [-0.2, 0) is 9.53 Å². The van der Waals surface area contributed by atoms with E-state index >= 15 is 0 Å². The summed E-state index contributed by atoms with van der Waals surface area (Å²) in [5.74, 6) is -0.375. The third kappa shape index (κ3) is 5.19. The SMILES string of the molecule is C[C@H](CCOC(=O)CS)[C@H](O)c1cc(I)ccc1O. The van der Waals surface area contributed by atoms with Gasteiger partial charge in [-0.2, -0.15) is 12.6 Å². The molecule has 0 bridgehead atoms. The number of esters is 1. The first-order valence-corrected chi connectivity index (χ1v) is 7.59. The molecule has 0 fully saturated rings. The van der Waals surface area contributed by atoms with Crippen molar-refractivity contribution in [1.82, 2.24) is 0 Å². The molecule has 1 aromatic rings. The summed E-state index contributed by atoms with van der Waals surface area (Å²) >= 11 is 5.93. The second-order valence-electron chi connectivity index (χ2n) is 4.29. The number of thiol groups is 1. The van der Waals surface area contributed by atoms with Crippen LogP contribution < -0.4 is 0 Å². The van der Waals surface area contributed by atoms with Crippen LogP contribution in [0.1, 0.15) is 25.0 Å². The van der Waals surface area contributed by atoms with Crippen molar-refractivity contribution < 1.29 is 19.7 Å². The summed E-state index contributed by atoms with van der Waals surface area (Å²) in [7, 11) is 0. The van der Waals surface area contributed by atoms with E-state index in [0.29, 0.717) is 12.0 Å². The number of aromatic hydroxyl groups is 1. The molecule has 2 N–H and O–H groups in total. The maximum absolute atomic E-state index is 10.9. The summed E-state index contributed by atoms with van der Waals surface area (Å²) in [5.41, 5.74) is 0.500. The van der Waals surface area contributed by atoms with Crippen LogP contribution in [0.4, 0.5) is 0 Å². The fraction of sp³-hybridized carbons (Fsp3) is 0.462. The maximum atomic E-state index is 10.9. The third-order valence-electron chi connectivity index (χ3n) is 2.81. The lowest BCUT2D eigenvalue weighted by molar-refractivity contribution is -0.141. The van der Waals surface area contributed by atoms with Gasteiger partial charge in [0.15, 0.2) is 0 Å². The van der Waals surface area contributed by atoms with Gasteiger partial charge < -0.3 is 14.9 Å². The molecule has 0 aliphatic heterocycles. The predicted octanol–water partition coefficient (Wildman–Crippen LogP) is 2.53. The predicted molar refractivity (Wildman–Crippen MR) is 84.4 cm³/mol. The smallest absolute Gasteiger partial charge is 0.315 e. The van der Waals surface area contributed by atoms with Crippen molar-refractivity contribution in [3.05, 3.63) is 27.3 Å². The molecule has 0 aromatic heterocycles. The van der Waals surface area contributed by atoms with Crippen LogP contribution >= 0.6 is 35.2 Å². The summed E-state index contributed by atoms with van der Waals surface area (Å²) in [4.78, 5) is 10.9. The highest BCUT2D eigenvalue weighted by Gasteiger charge is 2.20. The Morgan fingerprint density at radius 1 is 1.53 bits per heavy atom. The first-order chi connectivity index (χ1) is 8.95. The van der Waals surface area contributed by atoms with Gasteiger partial charge in [0.1, 0.15) is 5.75 Å². The number of hydrogen-bond donors (Lipinski definition) is 3. The van der Waals surface area contributed by atoms with Gasteiger partial charge in [-0.1, -0.05) is 6.92 Å². The average Bonchev–Trinajstić information content (AvgIpc) is 2.40. The summed E-state index contributed by atoms with van der Waals surface area (Å²) in [6, 6.07) is 5.08. The molecule has 1 aromatic carbocycles. The summed E-state index contributed by atoms with van der Waals surface area (Å²) in [5, 5.41) is 19.9. The number of hydrogen-bond acceptors (Lipinski definition) is 5. The molecule has 0 spiro atoms. The normalized spacial score (nSPS) is 13.9. The van der Waals surface area contributed by atoms with Crippen molar-refractivity contribution in [3.8, 4) is 5.75 Å². The van der Waals surface area contributed by atoms with E-state index in [1.807, 2.05) is 6.92 Å². The molecule has 6 heteroatoms. The zero-order chi connectivity index (χ0) is 14.4. The standard InChI is InChI=1S/C13H17IO4S/c1-8(4-5-18-12(16)7-19)13(17)10-6-9(14)2-3-11(10)15/h2-3,6,8,13,15,17,19H,4-5,7H2,1H3/t8-,13+/m1/s1. The van der Waals surface area contributed by atoms with Gasteiger partial charge in [0.25, 0.3) is 0 Å². The minimum absolute atomic E-state index is 0.0502. The molecule has 106 valence electrons. The Morgan fingerprint density at radius 3 is 2.84 bits per heavy atom. The van der Waals surface area contributed by atoms with E-state index in [-0.39, 0.29) is 30.0 Å². The van der Waals surface area contributed by atoms with Crippen molar-refractivity contribution in [2.75, 3.05) is 12.4 Å². The number of benzene rings is 1. The number of ether oxygens (including phenoxy) is 1. The van der Waals surface area contributed by atoms with Crippen LogP contribution in [0.15, 0.2) is 18.2 Å². The van der Waals surface area contributed by atoms with Gasteiger partial charge in [-0.3, -0.25) is 4.79 Å². The monoisotopic (exact) mass is 396 g/mol. The van der Waals surface area contributed by atoms with Crippen LogP contribution in [0.3, 0.4) is 0 Å². The Kier molecular flexibility index (Phi) is 6.95. The van der Waals surface area contributed by atoms with Crippen molar-refractivity contribution >= 4 is 41.2 Å². The average molecular weight is 396 g/mol. The molecule has 0 saturated carbocycles. The van der Waals surface area contributed by atoms with Crippen molar-refractivity contribution in [1.29, 1.82) is 0 Å². The Morgan fingerprint density at radius 2 is 2.21 bits per heavy atom. The fourth-order valence-corrected chi connectivity index (χ4v) is 2.24. The molecule has 0 aliphatic rings. The third-order valence-corrected chi connectivity index (χ3v) is 3.74. The largest absolute Gasteiger partial charge is 0.508 e. The number of phenols is 1. The Labute approximate surface area is 131 Å². The molecule has 1 rings (SSSR count). The number of phenolic OH excluding ortho intramolecular Hbond substituents is 1. The molecule has 19 heavy (non-hydrogen) atoms. The number of halogens is 1. The molecule has 0 amide bonds. The summed E-state index contributed by atoms with van der Waals surface area (Å²) in [6.45, 7) is 2.08. The topological polar surface area (TPSA) is 66.8 Å². The van der Waals surface area contributed by atoms with E-state index < -0.39 is 6.10 Å². The molecule has 4 nitrogen and oxygen atoms in total. The summed E-state index contributed by atoms with van der Waals surface area (Å²) < 4.78 is 5.85. The maximum Gasteiger partial charge on any atom is 0.315 e. The van der Waals surface area contributed by atoms with Crippen LogP contribution in [0.5, 0.6) is 5.75 Å². The highest BCUT2D eigenvalue weighted by atomic mass is 127. The molecular formula is C13H17IO4S. The number of aliphatic hydroxyl groups excluding tert-OH is 1. The lowest BCUT2D eigenvalue weighted by Gasteiger charge is -2.20. The van der Waals surface area contributed by atoms with E-state index in [4.69, 9.17) is 4.74 Å². The molecule has 2 atom stereocenters. The lowest BCUT2D eigenvalue weighted by atomic mass is 9.94. The van der Waals surface area contributed by atoms with Gasteiger partial charge >= 0.3 is 5.97 Å². The van der Waals surface area contributed by atoms with Gasteiger partial charge in [-0.15, -0.1) is 0 Å². The molecular weight excluding hydrogens is 379 g/mol. The van der Waals surface area contributed by atoms with Gasteiger partial charge in [0.2, 0.25) is 0 Å². The molecule has 0 heterocycles. The molecule has 0 saturated heterocycles. The van der Waals surface area contributed by atoms with Crippen LogP contribution in [0.2, 0.25) is 0 Å².